The number of rotatable bonds is 8. The molecule has 0 radical (unpaired) electrons. The van der Waals surface area contributed by atoms with Crippen molar-refractivity contribution in [3.63, 3.8) is 0 Å². The van der Waals surface area contributed by atoms with Gasteiger partial charge in [-0.25, -0.2) is 4.72 Å². The van der Waals surface area contributed by atoms with Crippen molar-refractivity contribution in [3.8, 4) is 0 Å². The highest BCUT2D eigenvalue weighted by Crippen LogP contribution is 2.19. The lowest BCUT2D eigenvalue weighted by Gasteiger charge is -2.24. The van der Waals surface area contributed by atoms with Gasteiger partial charge in [-0.2, -0.15) is 24.5 Å². The summed E-state index contributed by atoms with van der Waals surface area (Å²) in [7, 11) is -1.91. The van der Waals surface area contributed by atoms with Crippen LogP contribution in [0.5, 0.6) is 0 Å². The molecule has 0 aromatic heterocycles. The molecule has 0 atom stereocenters. The van der Waals surface area contributed by atoms with Crippen molar-refractivity contribution in [1.82, 2.24) is 9.03 Å². The Morgan fingerprint density at radius 3 is 2.44 bits per heavy atom. The summed E-state index contributed by atoms with van der Waals surface area (Å²) >= 11 is 1.61. The van der Waals surface area contributed by atoms with E-state index >= 15 is 0 Å². The van der Waals surface area contributed by atoms with E-state index in [-0.39, 0.29) is 11.4 Å². The average molecular weight is 270 g/mol. The number of hydrogen-bond acceptors (Lipinski definition) is 4. The molecular weight excluding hydrogens is 248 g/mol. The number of aliphatic hydroxyl groups is 1. The van der Waals surface area contributed by atoms with Crippen LogP contribution in [0.3, 0.4) is 0 Å². The summed E-state index contributed by atoms with van der Waals surface area (Å²) in [6, 6.07) is 0. The van der Waals surface area contributed by atoms with Gasteiger partial charge in [-0.15, -0.1) is 0 Å². The summed E-state index contributed by atoms with van der Waals surface area (Å²) in [6.45, 7) is 4.67. The average Bonchev–Trinajstić information content (AvgIpc) is 2.23. The van der Waals surface area contributed by atoms with Crippen LogP contribution in [0, 0.1) is 0 Å². The van der Waals surface area contributed by atoms with Crippen LogP contribution in [0.2, 0.25) is 0 Å². The van der Waals surface area contributed by atoms with E-state index in [1.54, 1.807) is 11.8 Å². The maximum atomic E-state index is 11.7. The van der Waals surface area contributed by atoms with Gasteiger partial charge in [-0.05, 0) is 26.5 Å². The van der Waals surface area contributed by atoms with Gasteiger partial charge in [-0.3, -0.25) is 0 Å². The molecule has 0 unspecified atom stereocenters. The molecule has 2 N–H and O–H groups in total. The zero-order chi connectivity index (χ0) is 12.8. The molecule has 16 heavy (non-hydrogen) atoms. The first kappa shape index (κ1) is 16.2. The highest BCUT2D eigenvalue weighted by Gasteiger charge is 2.22. The predicted octanol–water partition coefficient (Wildman–Crippen LogP) is 0.277. The van der Waals surface area contributed by atoms with Crippen LogP contribution in [0.15, 0.2) is 0 Å². The van der Waals surface area contributed by atoms with E-state index in [1.807, 2.05) is 20.1 Å². The number of thioether (sulfide) groups is 1. The SMILES string of the molecule is CSC(C)(C)CNS(=O)(=O)N(C)CCCO. The van der Waals surface area contributed by atoms with Crippen LogP contribution >= 0.6 is 11.8 Å². The molecule has 0 fully saturated rings. The molecule has 7 heteroatoms. The fraction of sp³-hybridized carbons (Fsp3) is 1.00. The normalized spacial score (nSPS) is 13.4. The van der Waals surface area contributed by atoms with Crippen molar-refractivity contribution in [2.24, 2.45) is 0 Å². The third-order valence-corrected chi connectivity index (χ3v) is 5.04. The van der Waals surface area contributed by atoms with Crippen LogP contribution in [-0.2, 0) is 10.2 Å². The fourth-order valence-electron chi connectivity index (χ4n) is 0.861. The minimum atomic E-state index is -3.42. The van der Waals surface area contributed by atoms with Crippen molar-refractivity contribution in [2.45, 2.75) is 25.0 Å². The van der Waals surface area contributed by atoms with Crippen LogP contribution < -0.4 is 4.72 Å². The number of nitrogens with one attached hydrogen (secondary N) is 1. The van der Waals surface area contributed by atoms with Crippen LogP contribution in [0.1, 0.15) is 20.3 Å². The van der Waals surface area contributed by atoms with Gasteiger partial charge in [-0.1, -0.05) is 0 Å². The van der Waals surface area contributed by atoms with Crippen LogP contribution in [0.25, 0.3) is 0 Å². The Balaban J connectivity index is 4.24. The summed E-state index contributed by atoms with van der Waals surface area (Å²) in [5, 5.41) is 8.63. The lowest BCUT2D eigenvalue weighted by molar-refractivity contribution is 0.275. The molecule has 0 rings (SSSR count). The highest BCUT2D eigenvalue weighted by molar-refractivity contribution is 8.00. The topological polar surface area (TPSA) is 69.6 Å². The molecular formula is C9H22N2O3S2. The molecule has 0 saturated heterocycles. The fourth-order valence-corrected chi connectivity index (χ4v) is 2.30. The van der Waals surface area contributed by atoms with E-state index in [1.165, 1.54) is 11.4 Å². The first-order chi connectivity index (χ1) is 7.25. The maximum Gasteiger partial charge on any atom is 0.279 e. The Bertz CT molecular complexity index is 291. The van der Waals surface area contributed by atoms with Crippen LogP contribution in [-0.4, -0.2) is 55.6 Å². The van der Waals surface area contributed by atoms with Gasteiger partial charge >= 0.3 is 0 Å². The molecule has 0 aromatic carbocycles. The largest absolute Gasteiger partial charge is 0.396 e. The second-order valence-electron chi connectivity index (χ2n) is 4.19. The number of nitrogens with zero attached hydrogens (tertiary/aromatic N) is 1. The second-order valence-corrected chi connectivity index (χ2v) is 7.56. The van der Waals surface area contributed by atoms with E-state index in [0.717, 1.165) is 0 Å². The molecule has 0 bridgehead atoms. The molecule has 0 amide bonds. The minimum absolute atomic E-state index is 0.00380. The van der Waals surface area contributed by atoms with Gasteiger partial charge in [0.05, 0.1) is 0 Å². The highest BCUT2D eigenvalue weighted by atomic mass is 32.2. The van der Waals surface area contributed by atoms with Gasteiger partial charge in [0.2, 0.25) is 0 Å². The first-order valence-corrected chi connectivity index (χ1v) is 7.78. The second kappa shape index (κ2) is 6.80. The molecule has 0 aliphatic carbocycles. The van der Waals surface area contributed by atoms with Crippen molar-refractivity contribution in [1.29, 1.82) is 0 Å². The molecule has 0 heterocycles. The number of aliphatic hydroxyl groups excluding tert-OH is 1. The summed E-state index contributed by atoms with van der Waals surface area (Å²) in [4.78, 5) is 0. The lowest BCUT2D eigenvalue weighted by Crippen LogP contribution is -2.43. The zero-order valence-corrected chi connectivity index (χ0v) is 12.0. The van der Waals surface area contributed by atoms with Crippen LogP contribution in [0.4, 0.5) is 0 Å². The molecule has 98 valence electrons. The lowest BCUT2D eigenvalue weighted by atomic mass is 10.2. The smallest absolute Gasteiger partial charge is 0.279 e. The number of hydrogen-bond donors (Lipinski definition) is 2. The molecule has 0 saturated carbocycles. The van der Waals surface area contributed by atoms with Gasteiger partial charge in [0.25, 0.3) is 10.2 Å². The monoisotopic (exact) mass is 270 g/mol. The molecule has 0 aliphatic heterocycles. The Morgan fingerprint density at radius 1 is 1.44 bits per heavy atom. The summed E-state index contributed by atoms with van der Waals surface area (Å²) in [5.41, 5.74) is 0. The molecule has 0 spiro atoms. The third-order valence-electron chi connectivity index (χ3n) is 2.27. The van der Waals surface area contributed by atoms with Crippen molar-refractivity contribution in [2.75, 3.05) is 33.0 Å². The van der Waals surface area contributed by atoms with Gasteiger partial charge in [0, 0.05) is 31.5 Å². The Kier molecular flexibility index (Phi) is 6.88. The Labute approximate surface area is 103 Å². The summed E-state index contributed by atoms with van der Waals surface area (Å²) in [6.07, 6.45) is 2.40. The van der Waals surface area contributed by atoms with E-state index in [0.29, 0.717) is 19.5 Å². The molecule has 0 aromatic rings. The van der Waals surface area contributed by atoms with E-state index in [2.05, 4.69) is 4.72 Å². The first-order valence-electron chi connectivity index (χ1n) is 5.12. The van der Waals surface area contributed by atoms with E-state index < -0.39 is 10.2 Å². The van der Waals surface area contributed by atoms with Crippen molar-refractivity contribution < 1.29 is 13.5 Å². The van der Waals surface area contributed by atoms with E-state index in [9.17, 15) is 8.42 Å². The van der Waals surface area contributed by atoms with Crippen molar-refractivity contribution >= 4 is 22.0 Å². The van der Waals surface area contributed by atoms with Gasteiger partial charge < -0.3 is 5.11 Å². The maximum absolute atomic E-state index is 11.7. The third kappa shape index (κ3) is 6.05. The summed E-state index contributed by atoms with van der Waals surface area (Å²) in [5.74, 6) is 0. The quantitative estimate of drug-likeness (QED) is 0.664. The molecule has 5 nitrogen and oxygen atoms in total. The Hall–Kier alpha value is 0.180. The standard InChI is InChI=1S/C9H22N2O3S2/c1-9(2,15-4)8-10-16(13,14)11(3)6-5-7-12/h10,12H,5-8H2,1-4H3. The van der Waals surface area contributed by atoms with Gasteiger partial charge in [0.1, 0.15) is 0 Å². The van der Waals surface area contributed by atoms with Crippen molar-refractivity contribution in [3.05, 3.63) is 0 Å². The van der Waals surface area contributed by atoms with E-state index in [4.69, 9.17) is 5.11 Å². The minimum Gasteiger partial charge on any atom is -0.396 e. The summed E-state index contributed by atoms with van der Waals surface area (Å²) < 4.78 is 27.1. The Morgan fingerprint density at radius 2 is 2.00 bits per heavy atom. The predicted molar refractivity (Wildman–Crippen MR) is 68.8 cm³/mol. The van der Waals surface area contributed by atoms with Gasteiger partial charge in [0.15, 0.2) is 0 Å². The zero-order valence-electron chi connectivity index (χ0n) is 10.4. The molecule has 0 aliphatic rings.